The van der Waals surface area contributed by atoms with E-state index in [1.807, 2.05) is 0 Å². The molecule has 1 amide bonds. The summed E-state index contributed by atoms with van der Waals surface area (Å²) in [5.41, 5.74) is -0.0732. The molecule has 0 bridgehead atoms. The maximum atomic E-state index is 13.0. The van der Waals surface area contributed by atoms with E-state index < -0.39 is 23.5 Å². The fourth-order valence-corrected chi connectivity index (χ4v) is 2.17. The van der Waals surface area contributed by atoms with Gasteiger partial charge in [0.15, 0.2) is 0 Å². The van der Waals surface area contributed by atoms with Gasteiger partial charge < -0.3 is 10.1 Å². The number of halogens is 2. The van der Waals surface area contributed by atoms with Gasteiger partial charge in [0.2, 0.25) is 5.01 Å². The van der Waals surface area contributed by atoms with Crippen molar-refractivity contribution in [2.24, 2.45) is 0 Å². The minimum atomic E-state index is -0.809. The van der Waals surface area contributed by atoms with E-state index in [1.54, 1.807) is 6.92 Å². The summed E-state index contributed by atoms with van der Waals surface area (Å²) in [7, 11) is 0. The van der Waals surface area contributed by atoms with E-state index in [9.17, 15) is 18.4 Å². The Balaban J connectivity index is 2.12. The van der Waals surface area contributed by atoms with Gasteiger partial charge >= 0.3 is 5.97 Å². The summed E-state index contributed by atoms with van der Waals surface area (Å²) >= 11 is 0.948. The van der Waals surface area contributed by atoms with Gasteiger partial charge in [0.05, 0.1) is 6.61 Å². The van der Waals surface area contributed by atoms with Crippen molar-refractivity contribution in [3.8, 4) is 0 Å². The van der Waals surface area contributed by atoms with Crippen LogP contribution in [-0.4, -0.2) is 23.5 Å². The molecule has 1 aromatic heterocycles. The Bertz CT molecular complexity index is 668. The van der Waals surface area contributed by atoms with Gasteiger partial charge in [-0.2, -0.15) is 0 Å². The van der Waals surface area contributed by atoms with Crippen molar-refractivity contribution < 1.29 is 23.1 Å². The highest BCUT2D eigenvalue weighted by Gasteiger charge is 2.16. The fourth-order valence-electron chi connectivity index (χ4n) is 1.49. The number of aromatic nitrogens is 1. The molecule has 8 heteroatoms. The van der Waals surface area contributed by atoms with Crippen LogP contribution in [0.2, 0.25) is 0 Å². The molecule has 2 aromatic rings. The Labute approximate surface area is 122 Å². The van der Waals surface area contributed by atoms with Crippen LogP contribution in [0.1, 0.15) is 27.2 Å². The highest BCUT2D eigenvalue weighted by Crippen LogP contribution is 2.16. The standard InChI is InChI=1S/C13H10F2N2O3S/c1-2-20-13(19)12-17-10(6-21-12)11(18)16-9-4-7(14)3-8(15)5-9/h3-6H,2H2,1H3,(H,16,18). The van der Waals surface area contributed by atoms with Crippen molar-refractivity contribution in [2.75, 3.05) is 11.9 Å². The van der Waals surface area contributed by atoms with Crippen LogP contribution in [0.5, 0.6) is 0 Å². The predicted octanol–water partition coefficient (Wildman–Crippen LogP) is 2.85. The van der Waals surface area contributed by atoms with Crippen LogP contribution in [-0.2, 0) is 4.74 Å². The largest absolute Gasteiger partial charge is 0.461 e. The third-order valence-electron chi connectivity index (χ3n) is 2.31. The maximum Gasteiger partial charge on any atom is 0.367 e. The third kappa shape index (κ3) is 3.82. The van der Waals surface area contributed by atoms with Gasteiger partial charge in [-0.25, -0.2) is 18.6 Å². The first-order valence-corrected chi connectivity index (χ1v) is 6.77. The Morgan fingerprint density at radius 3 is 2.57 bits per heavy atom. The van der Waals surface area contributed by atoms with Crippen LogP contribution in [0, 0.1) is 11.6 Å². The molecule has 1 heterocycles. The minimum Gasteiger partial charge on any atom is -0.461 e. The van der Waals surface area contributed by atoms with Crippen molar-refractivity contribution in [3.05, 3.63) is 45.9 Å². The quantitative estimate of drug-likeness (QED) is 0.882. The number of benzene rings is 1. The number of hydrogen-bond acceptors (Lipinski definition) is 5. The Kier molecular flexibility index (Phi) is 4.59. The number of nitrogens with zero attached hydrogens (tertiary/aromatic N) is 1. The molecule has 0 saturated heterocycles. The summed E-state index contributed by atoms with van der Waals surface area (Å²) < 4.78 is 30.8. The van der Waals surface area contributed by atoms with Gasteiger partial charge in [-0.1, -0.05) is 0 Å². The molecule has 0 unspecified atom stereocenters. The van der Waals surface area contributed by atoms with Crippen LogP contribution in [0.3, 0.4) is 0 Å². The van der Waals surface area contributed by atoms with Crippen molar-refractivity contribution in [1.29, 1.82) is 0 Å². The molecule has 0 aliphatic heterocycles. The van der Waals surface area contributed by atoms with E-state index in [4.69, 9.17) is 4.74 Å². The summed E-state index contributed by atoms with van der Waals surface area (Å²) in [5.74, 6) is -2.92. The summed E-state index contributed by atoms with van der Waals surface area (Å²) in [6, 6.07) is 2.64. The highest BCUT2D eigenvalue weighted by molar-refractivity contribution is 7.11. The lowest BCUT2D eigenvalue weighted by molar-refractivity contribution is 0.0526. The Hall–Kier alpha value is -2.35. The normalized spacial score (nSPS) is 10.2. The molecular weight excluding hydrogens is 302 g/mol. The lowest BCUT2D eigenvalue weighted by Gasteiger charge is -2.03. The number of nitrogens with one attached hydrogen (secondary N) is 1. The number of hydrogen-bond donors (Lipinski definition) is 1. The van der Waals surface area contributed by atoms with Crippen molar-refractivity contribution in [1.82, 2.24) is 4.98 Å². The number of rotatable bonds is 4. The van der Waals surface area contributed by atoms with Gasteiger partial charge in [-0.3, -0.25) is 4.79 Å². The first kappa shape index (κ1) is 15.0. The molecule has 0 saturated carbocycles. The van der Waals surface area contributed by atoms with Crippen molar-refractivity contribution in [3.63, 3.8) is 0 Å². The highest BCUT2D eigenvalue weighted by atomic mass is 32.1. The van der Waals surface area contributed by atoms with E-state index in [0.717, 1.165) is 23.5 Å². The van der Waals surface area contributed by atoms with Crippen molar-refractivity contribution >= 4 is 28.9 Å². The number of carbonyl (C=O) groups excluding carboxylic acids is 2. The molecule has 5 nitrogen and oxygen atoms in total. The lowest BCUT2D eigenvalue weighted by Crippen LogP contribution is -2.13. The molecule has 0 fully saturated rings. The summed E-state index contributed by atoms with van der Waals surface area (Å²) in [5, 5.41) is 3.69. The molecular formula is C13H10F2N2O3S. The van der Waals surface area contributed by atoms with E-state index >= 15 is 0 Å². The SMILES string of the molecule is CCOC(=O)c1nc(C(=O)Nc2cc(F)cc(F)c2)cs1. The molecule has 0 aliphatic rings. The van der Waals surface area contributed by atoms with E-state index in [0.29, 0.717) is 6.07 Å². The number of ether oxygens (including phenoxy) is 1. The maximum absolute atomic E-state index is 13.0. The molecule has 0 spiro atoms. The van der Waals surface area contributed by atoms with Crippen LogP contribution in [0.15, 0.2) is 23.6 Å². The Morgan fingerprint density at radius 1 is 1.29 bits per heavy atom. The lowest BCUT2D eigenvalue weighted by atomic mass is 10.3. The molecule has 21 heavy (non-hydrogen) atoms. The minimum absolute atomic E-state index is 0.0345. The zero-order valence-corrected chi connectivity index (χ0v) is 11.7. The molecule has 0 aliphatic carbocycles. The second kappa shape index (κ2) is 6.40. The monoisotopic (exact) mass is 312 g/mol. The smallest absolute Gasteiger partial charge is 0.367 e. The first-order valence-electron chi connectivity index (χ1n) is 5.89. The van der Waals surface area contributed by atoms with Crippen LogP contribution < -0.4 is 5.32 Å². The number of carbonyl (C=O) groups is 2. The van der Waals surface area contributed by atoms with E-state index in [-0.39, 0.29) is 23.0 Å². The van der Waals surface area contributed by atoms with Gasteiger partial charge in [0, 0.05) is 17.1 Å². The predicted molar refractivity (Wildman–Crippen MR) is 72.4 cm³/mol. The zero-order chi connectivity index (χ0) is 15.4. The fraction of sp³-hybridized carbons (Fsp3) is 0.154. The molecule has 1 N–H and O–H groups in total. The van der Waals surface area contributed by atoms with E-state index in [2.05, 4.69) is 10.3 Å². The summed E-state index contributed by atoms with van der Waals surface area (Å²) in [4.78, 5) is 27.1. The molecule has 0 atom stereocenters. The van der Waals surface area contributed by atoms with Gasteiger partial charge in [-0.15, -0.1) is 11.3 Å². The van der Waals surface area contributed by atoms with Crippen molar-refractivity contribution in [2.45, 2.75) is 6.92 Å². The Morgan fingerprint density at radius 2 is 1.95 bits per heavy atom. The second-order valence-electron chi connectivity index (χ2n) is 3.87. The molecule has 110 valence electrons. The van der Waals surface area contributed by atoms with E-state index in [1.165, 1.54) is 5.38 Å². The second-order valence-corrected chi connectivity index (χ2v) is 4.73. The van der Waals surface area contributed by atoms with Gasteiger partial charge in [0.1, 0.15) is 17.3 Å². The summed E-state index contributed by atoms with van der Waals surface area (Å²) in [6.45, 7) is 1.85. The third-order valence-corrected chi connectivity index (χ3v) is 3.13. The summed E-state index contributed by atoms with van der Waals surface area (Å²) in [6.07, 6.45) is 0. The molecule has 0 radical (unpaired) electrons. The molecule has 2 rings (SSSR count). The topological polar surface area (TPSA) is 68.3 Å². The number of esters is 1. The number of anilines is 1. The average Bonchev–Trinajstić information content (AvgIpc) is 2.87. The average molecular weight is 312 g/mol. The zero-order valence-electron chi connectivity index (χ0n) is 10.9. The van der Waals surface area contributed by atoms with Gasteiger partial charge in [-0.05, 0) is 19.1 Å². The van der Waals surface area contributed by atoms with Crippen LogP contribution in [0.25, 0.3) is 0 Å². The molecule has 1 aromatic carbocycles. The number of thiazole rings is 1. The van der Waals surface area contributed by atoms with Crippen LogP contribution in [0.4, 0.5) is 14.5 Å². The van der Waals surface area contributed by atoms with Gasteiger partial charge in [0.25, 0.3) is 5.91 Å². The number of amides is 1. The first-order chi connectivity index (χ1) is 9.99. The van der Waals surface area contributed by atoms with Crippen LogP contribution >= 0.6 is 11.3 Å².